The third-order valence-electron chi connectivity index (χ3n) is 1.99. The number of terminal acetylenes is 4. The highest BCUT2D eigenvalue weighted by atomic mass is 16.2. The number of hydrogen-bond acceptors (Lipinski definition) is 8. The summed E-state index contributed by atoms with van der Waals surface area (Å²) in [5.74, 6) is 4.00. The van der Waals surface area contributed by atoms with E-state index in [2.05, 4.69) is 50.4 Å². The minimum Gasteiger partial charge on any atom is -0.300 e. The Labute approximate surface area is 267 Å². The number of ketones is 8. The molecule has 0 unspecified atom stereocenters. The van der Waals surface area contributed by atoms with Crippen molar-refractivity contribution in [3.05, 3.63) is 0 Å². The minimum atomic E-state index is -0.0625. The van der Waals surface area contributed by atoms with E-state index < -0.39 is 0 Å². The first-order chi connectivity index (χ1) is 17.3. The molecule has 252 valence electrons. The molecule has 0 saturated heterocycles. The van der Waals surface area contributed by atoms with E-state index in [1.165, 1.54) is 55.4 Å². The Hall–Kier alpha value is -4.40. The van der Waals surface area contributed by atoms with E-state index >= 15 is 0 Å². The molecule has 0 N–H and O–H groups in total. The summed E-state index contributed by atoms with van der Waals surface area (Å²) in [6.45, 7) is 14.5. The summed E-state index contributed by atoms with van der Waals surface area (Å²) in [5.41, 5.74) is 0. The van der Waals surface area contributed by atoms with Crippen LogP contribution < -0.4 is 0 Å². The Balaban J connectivity index is -0.0000000222. The number of carbonyl (C=O) groups is 8. The average Bonchev–Trinajstić information content (AvgIpc) is 2.69. The number of rotatable bonds is 8. The van der Waals surface area contributed by atoms with Gasteiger partial charge in [-0.05, 0) is 69.2 Å². The molecular formula is C35H64O8. The third-order valence-corrected chi connectivity index (χ3v) is 1.99. The van der Waals surface area contributed by atoms with Crippen molar-refractivity contribution in [2.24, 2.45) is 0 Å². The van der Waals surface area contributed by atoms with Crippen LogP contribution in [0.2, 0.25) is 0 Å². The lowest BCUT2D eigenvalue weighted by molar-refractivity contribution is -0.126. The van der Waals surface area contributed by atoms with E-state index in [0.717, 1.165) is 0 Å². The van der Waals surface area contributed by atoms with Crippen LogP contribution in [0.25, 0.3) is 0 Å². The maximum absolute atomic E-state index is 10.0. The predicted octanol–water partition coefficient (Wildman–Crippen LogP) is 7.18. The lowest BCUT2D eigenvalue weighted by Gasteiger charge is -1.81. The Morgan fingerprint density at radius 3 is 0.395 bits per heavy atom. The monoisotopic (exact) mass is 612 g/mol. The Kier molecular flexibility index (Phi) is 149. The third kappa shape index (κ3) is 354. The van der Waals surface area contributed by atoms with Gasteiger partial charge in [0.1, 0.15) is 46.3 Å². The molecule has 0 heterocycles. The van der Waals surface area contributed by atoms with Gasteiger partial charge in [-0.15, -0.1) is 50.4 Å². The zero-order valence-electron chi connectivity index (χ0n) is 24.6. The second-order valence-electron chi connectivity index (χ2n) is 6.90. The standard InChI is InChI=1S/4C5H8O2.2C3H4.2C2H2.5CH4/c4*1-4(6)3-5(2)7;2*1-3-2;2*1-2;;;;;/h4*3H2,1-2H3;2*1H,2H3;2*1-2H;5*1H4. The van der Waals surface area contributed by atoms with Crippen LogP contribution in [0.4, 0.5) is 0 Å². The molecule has 8 heteroatoms. The molecule has 0 aromatic rings. The molecule has 43 heavy (non-hydrogen) atoms. The Morgan fingerprint density at radius 2 is 0.395 bits per heavy atom. The Bertz CT molecular complexity index is 657. The second kappa shape index (κ2) is 76.9. The van der Waals surface area contributed by atoms with Crippen LogP contribution in [0.1, 0.15) is 132 Å². The maximum atomic E-state index is 10.0. The first-order valence-electron chi connectivity index (χ1n) is 10.7. The summed E-state index contributed by atoms with van der Waals surface area (Å²) in [6, 6.07) is 0. The molecule has 0 spiro atoms. The van der Waals surface area contributed by atoms with Gasteiger partial charge < -0.3 is 0 Å². The highest BCUT2D eigenvalue weighted by molar-refractivity contribution is 5.97. The molecule has 0 aromatic carbocycles. The van der Waals surface area contributed by atoms with Gasteiger partial charge in [-0.25, -0.2) is 0 Å². The highest BCUT2D eigenvalue weighted by Crippen LogP contribution is 1.82. The molecule has 0 atom stereocenters. The first-order valence-corrected chi connectivity index (χ1v) is 10.7. The van der Waals surface area contributed by atoms with Gasteiger partial charge >= 0.3 is 0 Å². The molecule has 8 nitrogen and oxygen atoms in total. The minimum absolute atomic E-state index is 0. The molecule has 0 saturated carbocycles. The Morgan fingerprint density at radius 1 is 0.349 bits per heavy atom. The van der Waals surface area contributed by atoms with Crippen LogP contribution in [0.3, 0.4) is 0 Å². The van der Waals surface area contributed by atoms with Gasteiger partial charge in [-0.3, -0.25) is 38.4 Å². The fraction of sp³-hybridized carbons (Fsp3) is 0.543. The van der Waals surface area contributed by atoms with Crippen molar-refractivity contribution in [3.63, 3.8) is 0 Å². The average molecular weight is 613 g/mol. The smallest absolute Gasteiger partial charge is 0.137 e. The fourth-order valence-corrected chi connectivity index (χ4v) is 1.40. The van der Waals surface area contributed by atoms with Crippen LogP contribution in [-0.2, 0) is 38.4 Å². The quantitative estimate of drug-likeness (QED) is 0.208. The SMILES string of the molecule is C.C.C.C.C.C#C.C#C.C#CC.C#CC.CC(=O)CC(C)=O.CC(=O)CC(C)=O.CC(=O)CC(C)=O.CC(=O)CC(C)=O. The van der Waals surface area contributed by atoms with Gasteiger partial charge in [0.05, 0.1) is 25.7 Å². The van der Waals surface area contributed by atoms with E-state index in [4.69, 9.17) is 0 Å². The van der Waals surface area contributed by atoms with Crippen molar-refractivity contribution >= 4 is 46.3 Å². The summed E-state index contributed by atoms with van der Waals surface area (Å²) < 4.78 is 0. The first kappa shape index (κ1) is 83.3. The lowest BCUT2D eigenvalue weighted by atomic mass is 10.2. The molecule has 0 amide bonds. The largest absolute Gasteiger partial charge is 0.300 e. The van der Waals surface area contributed by atoms with Crippen molar-refractivity contribution in [3.8, 4) is 50.4 Å². The number of carbonyl (C=O) groups excluding carboxylic acids is 8. The predicted molar refractivity (Wildman–Crippen MR) is 186 cm³/mol. The van der Waals surface area contributed by atoms with Gasteiger partial charge in [0, 0.05) is 0 Å². The summed E-state index contributed by atoms with van der Waals surface area (Å²) in [5, 5.41) is 0. The number of hydrogen-bond donors (Lipinski definition) is 0. The van der Waals surface area contributed by atoms with Crippen LogP contribution in [-0.4, -0.2) is 46.3 Å². The molecule has 0 aliphatic carbocycles. The molecule has 0 aliphatic heterocycles. The van der Waals surface area contributed by atoms with E-state index in [0.29, 0.717) is 0 Å². The maximum Gasteiger partial charge on any atom is 0.137 e. The molecule has 0 bridgehead atoms. The van der Waals surface area contributed by atoms with Crippen LogP contribution in [0.5, 0.6) is 0 Å². The second-order valence-corrected chi connectivity index (χ2v) is 6.90. The van der Waals surface area contributed by atoms with Crippen molar-refractivity contribution < 1.29 is 38.4 Å². The van der Waals surface area contributed by atoms with Crippen molar-refractivity contribution in [1.82, 2.24) is 0 Å². The zero-order chi connectivity index (χ0) is 32.9. The normalized spacial score (nSPS) is 5.86. The van der Waals surface area contributed by atoms with Crippen LogP contribution >= 0.6 is 0 Å². The van der Waals surface area contributed by atoms with E-state index in [1.54, 1.807) is 13.8 Å². The van der Waals surface area contributed by atoms with Gasteiger partial charge in [0.15, 0.2) is 0 Å². The lowest BCUT2D eigenvalue weighted by Crippen LogP contribution is -1.97. The molecule has 0 aromatic heterocycles. The van der Waals surface area contributed by atoms with E-state index in [-0.39, 0.29) is 109 Å². The molecule has 0 fully saturated rings. The summed E-state index contributed by atoms with van der Waals surface area (Å²) in [4.78, 5) is 80.3. The highest BCUT2D eigenvalue weighted by Gasteiger charge is 1.96. The van der Waals surface area contributed by atoms with Crippen molar-refractivity contribution in [2.45, 2.75) is 132 Å². The summed E-state index contributed by atoms with van der Waals surface area (Å²) in [6.07, 6.45) is 25.5. The summed E-state index contributed by atoms with van der Waals surface area (Å²) >= 11 is 0. The van der Waals surface area contributed by atoms with Gasteiger partial charge in [-0.1, -0.05) is 37.1 Å². The molecular weight excluding hydrogens is 548 g/mol. The van der Waals surface area contributed by atoms with E-state index in [9.17, 15) is 38.4 Å². The molecule has 0 radical (unpaired) electrons. The fourth-order valence-electron chi connectivity index (χ4n) is 1.40. The van der Waals surface area contributed by atoms with Crippen molar-refractivity contribution in [1.29, 1.82) is 0 Å². The zero-order valence-corrected chi connectivity index (χ0v) is 24.6. The van der Waals surface area contributed by atoms with Crippen molar-refractivity contribution in [2.75, 3.05) is 0 Å². The summed E-state index contributed by atoms with van der Waals surface area (Å²) in [7, 11) is 0. The van der Waals surface area contributed by atoms with E-state index in [1.807, 2.05) is 0 Å². The molecule has 0 rings (SSSR count). The topological polar surface area (TPSA) is 137 Å². The van der Waals surface area contributed by atoms with Gasteiger partial charge in [0.2, 0.25) is 0 Å². The number of Topliss-reactive ketones (excluding diaryl/α,β-unsaturated/α-hetero) is 8. The van der Waals surface area contributed by atoms with Gasteiger partial charge in [-0.2, -0.15) is 0 Å². The molecule has 0 aliphatic rings. The van der Waals surface area contributed by atoms with Crippen LogP contribution in [0.15, 0.2) is 0 Å². The van der Waals surface area contributed by atoms with Gasteiger partial charge in [0.25, 0.3) is 0 Å². The van der Waals surface area contributed by atoms with Crippen LogP contribution in [0, 0.1) is 50.4 Å².